The van der Waals surface area contributed by atoms with E-state index in [-0.39, 0.29) is 5.56 Å². The van der Waals surface area contributed by atoms with Crippen molar-refractivity contribution in [3.05, 3.63) is 35.8 Å². The molecule has 0 aliphatic heterocycles. The molecule has 32 heavy (non-hydrogen) atoms. The maximum atomic E-state index is 14.3. The summed E-state index contributed by atoms with van der Waals surface area (Å²) in [4.78, 5) is 11.1. The molecule has 4 heteroatoms. The van der Waals surface area contributed by atoms with Gasteiger partial charge in [0.05, 0.1) is 11.1 Å². The molecule has 0 saturated carbocycles. The number of aryl methyl sites for hydroxylation is 1. The van der Waals surface area contributed by atoms with E-state index in [1.165, 1.54) is 51.0 Å². The third kappa shape index (κ3) is 5.94. The minimum atomic E-state index is -1.22. The second-order valence-electron chi connectivity index (χ2n) is 10.5. The van der Waals surface area contributed by atoms with Crippen LogP contribution >= 0.6 is 0 Å². The fourth-order valence-electron chi connectivity index (χ4n) is 6.06. The van der Waals surface area contributed by atoms with Crippen molar-refractivity contribution in [1.29, 1.82) is 0 Å². The SMILES string of the molecule is CC(C)C(CCCCCCCCCn1ccc2c(F)c(C(=O)O)ccc21)(C(C)C)C(C)C. The second-order valence-corrected chi connectivity index (χ2v) is 10.5. The zero-order valence-corrected chi connectivity index (χ0v) is 21.1. The van der Waals surface area contributed by atoms with Gasteiger partial charge in [-0.25, -0.2) is 9.18 Å². The van der Waals surface area contributed by atoms with Crippen LogP contribution in [0.2, 0.25) is 0 Å². The molecule has 0 unspecified atom stereocenters. The van der Waals surface area contributed by atoms with Crippen LogP contribution in [0.3, 0.4) is 0 Å². The molecule has 0 spiro atoms. The van der Waals surface area contributed by atoms with E-state index in [1.807, 2.05) is 10.8 Å². The van der Waals surface area contributed by atoms with Gasteiger partial charge in [-0.05, 0) is 54.2 Å². The van der Waals surface area contributed by atoms with E-state index in [1.54, 1.807) is 12.1 Å². The van der Waals surface area contributed by atoms with Crippen LogP contribution in [0, 0.1) is 29.0 Å². The molecule has 1 aromatic heterocycles. The standard InChI is InChI=1S/C28H44FNO2/c1-20(2)28(21(3)4,22(5)6)17-12-10-8-7-9-11-13-18-30-19-16-23-25(30)15-14-24(26(23)29)27(31)32/h14-16,19-22H,7-13,17-18H2,1-6H3,(H,31,32). The van der Waals surface area contributed by atoms with Gasteiger partial charge in [0.25, 0.3) is 0 Å². The molecular weight excluding hydrogens is 401 g/mol. The minimum Gasteiger partial charge on any atom is -0.478 e. The quantitative estimate of drug-likeness (QED) is 0.296. The number of hydrogen-bond donors (Lipinski definition) is 1. The van der Waals surface area contributed by atoms with Crippen LogP contribution in [-0.2, 0) is 6.54 Å². The molecule has 0 amide bonds. The molecule has 3 nitrogen and oxygen atoms in total. The molecule has 0 aliphatic carbocycles. The number of aromatic carboxylic acids is 1. The number of nitrogens with zero attached hydrogens (tertiary/aromatic N) is 1. The van der Waals surface area contributed by atoms with Crippen molar-refractivity contribution in [2.24, 2.45) is 23.2 Å². The van der Waals surface area contributed by atoms with Gasteiger partial charge in [-0.2, -0.15) is 0 Å². The van der Waals surface area contributed by atoms with Gasteiger partial charge in [0, 0.05) is 18.1 Å². The van der Waals surface area contributed by atoms with Gasteiger partial charge in [0.15, 0.2) is 0 Å². The highest BCUT2D eigenvalue weighted by Gasteiger charge is 2.39. The summed E-state index contributed by atoms with van der Waals surface area (Å²) in [5, 5.41) is 9.47. The number of carbonyl (C=O) groups is 1. The molecule has 1 N–H and O–H groups in total. The molecule has 2 aromatic rings. The maximum absolute atomic E-state index is 14.3. The Morgan fingerprint density at radius 3 is 1.94 bits per heavy atom. The lowest BCUT2D eigenvalue weighted by Crippen LogP contribution is -2.38. The van der Waals surface area contributed by atoms with E-state index < -0.39 is 11.8 Å². The summed E-state index contributed by atoms with van der Waals surface area (Å²) in [5.74, 6) is 0.301. The summed E-state index contributed by atoms with van der Waals surface area (Å²) in [6, 6.07) is 4.76. The Bertz CT molecular complexity index is 844. The van der Waals surface area contributed by atoms with Crippen LogP contribution < -0.4 is 0 Å². The number of aromatic nitrogens is 1. The lowest BCUT2D eigenvalue weighted by molar-refractivity contribution is 0.0356. The Hall–Kier alpha value is -1.84. The Balaban J connectivity index is 1.70. The predicted octanol–water partition coefficient (Wildman–Crippen LogP) is 8.55. The summed E-state index contributed by atoms with van der Waals surface area (Å²) in [6.45, 7) is 15.2. The highest BCUT2D eigenvalue weighted by molar-refractivity contribution is 5.94. The van der Waals surface area contributed by atoms with Crippen molar-refractivity contribution in [1.82, 2.24) is 4.57 Å². The van der Waals surface area contributed by atoms with Gasteiger partial charge in [-0.15, -0.1) is 0 Å². The van der Waals surface area contributed by atoms with Crippen LogP contribution in [0.1, 0.15) is 103 Å². The first kappa shape index (κ1) is 26.4. The van der Waals surface area contributed by atoms with Crippen molar-refractivity contribution >= 4 is 16.9 Å². The summed E-state index contributed by atoms with van der Waals surface area (Å²) in [5.41, 5.74) is 0.962. The van der Waals surface area contributed by atoms with Crippen LogP contribution in [0.5, 0.6) is 0 Å². The average molecular weight is 446 g/mol. The molecule has 0 saturated heterocycles. The van der Waals surface area contributed by atoms with Crippen LogP contribution in [0.25, 0.3) is 10.9 Å². The van der Waals surface area contributed by atoms with E-state index in [9.17, 15) is 9.18 Å². The third-order valence-corrected chi connectivity index (χ3v) is 7.85. The molecule has 0 fully saturated rings. The molecule has 0 bridgehead atoms. The first-order chi connectivity index (χ1) is 15.1. The van der Waals surface area contributed by atoms with Gasteiger partial charge in [0.1, 0.15) is 5.82 Å². The lowest BCUT2D eigenvalue weighted by atomic mass is 9.60. The van der Waals surface area contributed by atoms with Crippen LogP contribution in [-0.4, -0.2) is 15.6 Å². The number of fused-ring (bicyclic) bond motifs is 1. The number of rotatable bonds is 14. The second kappa shape index (κ2) is 11.9. The molecule has 0 atom stereocenters. The zero-order chi connectivity index (χ0) is 23.9. The topological polar surface area (TPSA) is 42.2 Å². The van der Waals surface area contributed by atoms with Gasteiger partial charge in [0.2, 0.25) is 0 Å². The maximum Gasteiger partial charge on any atom is 0.338 e. The van der Waals surface area contributed by atoms with Crippen molar-refractivity contribution < 1.29 is 14.3 Å². The van der Waals surface area contributed by atoms with Crippen LogP contribution in [0.15, 0.2) is 24.4 Å². The largest absolute Gasteiger partial charge is 0.478 e. The van der Waals surface area contributed by atoms with Gasteiger partial charge in [-0.3, -0.25) is 0 Å². The third-order valence-electron chi connectivity index (χ3n) is 7.85. The van der Waals surface area contributed by atoms with E-state index in [2.05, 4.69) is 41.5 Å². The summed E-state index contributed by atoms with van der Waals surface area (Å²) in [6.07, 6.45) is 11.9. The monoisotopic (exact) mass is 445 g/mol. The summed E-state index contributed by atoms with van der Waals surface area (Å²) < 4.78 is 16.4. The normalized spacial score (nSPS) is 12.6. The summed E-state index contributed by atoms with van der Waals surface area (Å²) >= 11 is 0. The number of benzene rings is 1. The fourth-order valence-corrected chi connectivity index (χ4v) is 6.06. The van der Waals surface area contributed by atoms with Gasteiger partial charge < -0.3 is 9.67 Å². The molecular formula is C28H44FNO2. The lowest BCUT2D eigenvalue weighted by Gasteiger charge is -2.45. The van der Waals surface area contributed by atoms with Gasteiger partial charge in [-0.1, -0.05) is 80.1 Å². The minimum absolute atomic E-state index is 0.261. The molecule has 1 heterocycles. The van der Waals surface area contributed by atoms with Gasteiger partial charge >= 0.3 is 5.97 Å². The number of halogens is 1. The Morgan fingerprint density at radius 2 is 1.41 bits per heavy atom. The van der Waals surface area contributed by atoms with Crippen molar-refractivity contribution in [3.63, 3.8) is 0 Å². The van der Waals surface area contributed by atoms with Crippen molar-refractivity contribution in [2.45, 2.75) is 99.5 Å². The number of unbranched alkanes of at least 4 members (excludes halogenated alkanes) is 6. The van der Waals surface area contributed by atoms with E-state index >= 15 is 0 Å². The first-order valence-corrected chi connectivity index (χ1v) is 12.6. The van der Waals surface area contributed by atoms with Crippen molar-refractivity contribution in [2.75, 3.05) is 0 Å². The molecule has 0 radical (unpaired) electrons. The van der Waals surface area contributed by atoms with E-state index in [0.29, 0.717) is 10.8 Å². The number of carboxylic acid groups (broad SMARTS) is 1. The fraction of sp³-hybridized carbons (Fsp3) is 0.679. The smallest absolute Gasteiger partial charge is 0.338 e. The van der Waals surface area contributed by atoms with Crippen molar-refractivity contribution in [3.8, 4) is 0 Å². The Labute approximate surface area is 194 Å². The zero-order valence-electron chi connectivity index (χ0n) is 21.1. The molecule has 1 aromatic carbocycles. The first-order valence-electron chi connectivity index (χ1n) is 12.6. The molecule has 180 valence electrons. The van der Waals surface area contributed by atoms with Crippen LogP contribution in [0.4, 0.5) is 4.39 Å². The number of carboxylic acids is 1. The molecule has 2 rings (SSSR count). The Kier molecular flexibility index (Phi) is 9.79. The predicted molar refractivity (Wildman–Crippen MR) is 133 cm³/mol. The average Bonchev–Trinajstić information content (AvgIpc) is 3.12. The highest BCUT2D eigenvalue weighted by atomic mass is 19.1. The molecule has 0 aliphatic rings. The van der Waals surface area contributed by atoms with E-state index in [0.717, 1.165) is 36.2 Å². The number of hydrogen-bond acceptors (Lipinski definition) is 1. The summed E-state index contributed by atoms with van der Waals surface area (Å²) in [7, 11) is 0. The Morgan fingerprint density at radius 1 is 0.875 bits per heavy atom. The highest BCUT2D eigenvalue weighted by Crippen LogP contribution is 2.47. The van der Waals surface area contributed by atoms with E-state index in [4.69, 9.17) is 5.11 Å².